The summed E-state index contributed by atoms with van der Waals surface area (Å²) < 4.78 is 2.09. The average Bonchev–Trinajstić information content (AvgIpc) is 3.16. The Bertz CT molecular complexity index is 1480. The van der Waals surface area contributed by atoms with Gasteiger partial charge in [0.1, 0.15) is 5.57 Å². The predicted octanol–water partition coefficient (Wildman–Crippen LogP) is 4.97. The van der Waals surface area contributed by atoms with Gasteiger partial charge in [-0.2, -0.15) is 0 Å². The van der Waals surface area contributed by atoms with Crippen molar-refractivity contribution in [3.05, 3.63) is 107 Å². The third-order valence-corrected chi connectivity index (χ3v) is 6.01. The second-order valence-corrected chi connectivity index (χ2v) is 8.46. The van der Waals surface area contributed by atoms with E-state index in [1.807, 2.05) is 74.6 Å². The molecule has 0 atom stereocenters. The highest BCUT2D eigenvalue weighted by Crippen LogP contribution is 2.28. The van der Waals surface area contributed by atoms with Crippen molar-refractivity contribution in [2.24, 2.45) is 0 Å². The number of nitrogens with zero attached hydrogens (tertiary/aromatic N) is 2. The highest BCUT2D eigenvalue weighted by atomic mass is 16.2. The fourth-order valence-corrected chi connectivity index (χ4v) is 4.39. The number of hydrogen-bond acceptors (Lipinski definition) is 3. The molecule has 1 aliphatic rings. The molecule has 0 bridgehead atoms. The van der Waals surface area contributed by atoms with E-state index in [4.69, 9.17) is 0 Å². The van der Waals surface area contributed by atoms with E-state index >= 15 is 0 Å². The molecule has 0 unspecified atom stereocenters. The molecular formula is C28H23N3O3. The normalized spacial score (nSPS) is 15.3. The van der Waals surface area contributed by atoms with E-state index in [9.17, 15) is 14.4 Å². The van der Waals surface area contributed by atoms with Gasteiger partial charge in [-0.05, 0) is 43.2 Å². The molecular weight excluding hydrogens is 426 g/mol. The van der Waals surface area contributed by atoms with Gasteiger partial charge < -0.3 is 4.57 Å². The number of para-hydroxylation sites is 1. The molecule has 6 heteroatoms. The number of fused-ring (bicyclic) bond motifs is 1. The van der Waals surface area contributed by atoms with Crippen molar-refractivity contribution in [3.63, 3.8) is 0 Å². The largest absolute Gasteiger partial charge is 0.342 e. The zero-order chi connectivity index (χ0) is 23.8. The van der Waals surface area contributed by atoms with E-state index in [2.05, 4.69) is 22.0 Å². The lowest BCUT2D eigenvalue weighted by Crippen LogP contribution is -2.54. The molecule has 3 aromatic carbocycles. The molecule has 5 rings (SSSR count). The first-order valence-corrected chi connectivity index (χ1v) is 11.0. The smallest absolute Gasteiger partial charge is 0.335 e. The minimum Gasteiger partial charge on any atom is -0.342 e. The van der Waals surface area contributed by atoms with Crippen LogP contribution in [0.3, 0.4) is 0 Å². The summed E-state index contributed by atoms with van der Waals surface area (Å²) in [5.41, 5.74) is 5.03. The molecule has 2 heterocycles. The Morgan fingerprint density at radius 2 is 1.62 bits per heavy atom. The van der Waals surface area contributed by atoms with Crippen LogP contribution in [0, 0.1) is 13.8 Å². The first-order chi connectivity index (χ1) is 16.4. The summed E-state index contributed by atoms with van der Waals surface area (Å²) in [4.78, 5) is 39.8. The maximum Gasteiger partial charge on any atom is 0.335 e. The summed E-state index contributed by atoms with van der Waals surface area (Å²) in [6.45, 7) is 4.42. The lowest BCUT2D eigenvalue weighted by atomic mass is 10.0. The monoisotopic (exact) mass is 449 g/mol. The fourth-order valence-electron chi connectivity index (χ4n) is 4.39. The average molecular weight is 450 g/mol. The van der Waals surface area contributed by atoms with Crippen molar-refractivity contribution in [1.29, 1.82) is 0 Å². The van der Waals surface area contributed by atoms with Gasteiger partial charge in [0.25, 0.3) is 11.8 Å². The Balaban J connectivity index is 1.58. The van der Waals surface area contributed by atoms with Gasteiger partial charge in [-0.1, -0.05) is 66.2 Å². The number of aryl methyl sites for hydroxylation is 2. The van der Waals surface area contributed by atoms with Gasteiger partial charge in [0, 0.05) is 29.2 Å². The highest BCUT2D eigenvalue weighted by Gasteiger charge is 2.37. The summed E-state index contributed by atoms with van der Waals surface area (Å²) in [7, 11) is 0. The number of anilines is 1. The Kier molecular flexibility index (Phi) is 5.34. The van der Waals surface area contributed by atoms with Crippen LogP contribution < -0.4 is 10.2 Å². The van der Waals surface area contributed by atoms with E-state index in [-0.39, 0.29) is 5.57 Å². The quantitative estimate of drug-likeness (QED) is 0.353. The number of nitrogens with one attached hydrogen (secondary N) is 1. The lowest BCUT2D eigenvalue weighted by molar-refractivity contribution is -0.122. The SMILES string of the molecule is Cc1ccc(N2C(=O)NC(=O)C(=Cc3cn(Cc4ccccc4)c4ccccc34)C2=O)c(C)c1. The minimum absolute atomic E-state index is 0.0813. The zero-order valence-electron chi connectivity index (χ0n) is 18.9. The van der Waals surface area contributed by atoms with E-state index < -0.39 is 17.8 Å². The Labute approximate surface area is 197 Å². The molecule has 1 saturated heterocycles. The number of carbonyl (C=O) groups is 3. The van der Waals surface area contributed by atoms with Crippen LogP contribution in [0.1, 0.15) is 22.3 Å². The molecule has 1 fully saturated rings. The molecule has 0 spiro atoms. The van der Waals surface area contributed by atoms with Crippen molar-refractivity contribution in [2.45, 2.75) is 20.4 Å². The number of benzene rings is 3. The summed E-state index contributed by atoms with van der Waals surface area (Å²) >= 11 is 0. The Morgan fingerprint density at radius 3 is 2.38 bits per heavy atom. The number of carbonyl (C=O) groups excluding carboxylic acids is 3. The molecule has 1 aliphatic heterocycles. The van der Waals surface area contributed by atoms with Crippen molar-refractivity contribution in [2.75, 3.05) is 4.90 Å². The van der Waals surface area contributed by atoms with Gasteiger partial charge in [0.15, 0.2) is 0 Å². The summed E-state index contributed by atoms with van der Waals surface area (Å²) in [6, 6.07) is 22.6. The summed E-state index contributed by atoms with van der Waals surface area (Å²) in [5, 5.41) is 3.24. The van der Waals surface area contributed by atoms with Gasteiger partial charge in [-0.3, -0.25) is 14.9 Å². The molecule has 34 heavy (non-hydrogen) atoms. The third kappa shape index (κ3) is 3.79. The zero-order valence-corrected chi connectivity index (χ0v) is 18.9. The molecule has 1 aromatic heterocycles. The molecule has 0 saturated carbocycles. The molecule has 6 nitrogen and oxygen atoms in total. The van der Waals surface area contributed by atoms with Crippen LogP contribution in [-0.2, 0) is 16.1 Å². The maximum absolute atomic E-state index is 13.4. The standard InChI is InChI=1S/C28H23N3O3/c1-18-12-13-24(19(2)14-18)31-27(33)23(26(32)29-28(31)34)15-21-17-30(16-20-8-4-3-5-9-20)25-11-7-6-10-22(21)25/h3-15,17H,16H2,1-2H3,(H,29,32,34). The van der Waals surface area contributed by atoms with Gasteiger partial charge in [0.2, 0.25) is 0 Å². The highest BCUT2D eigenvalue weighted by molar-refractivity contribution is 6.39. The molecule has 4 amide bonds. The molecule has 168 valence electrons. The van der Waals surface area contributed by atoms with Crippen LogP contribution in [0.25, 0.3) is 17.0 Å². The second-order valence-electron chi connectivity index (χ2n) is 8.46. The van der Waals surface area contributed by atoms with E-state index in [0.29, 0.717) is 12.2 Å². The first kappa shape index (κ1) is 21.4. The van der Waals surface area contributed by atoms with Crippen LogP contribution in [0.2, 0.25) is 0 Å². The van der Waals surface area contributed by atoms with E-state index in [0.717, 1.165) is 38.1 Å². The summed E-state index contributed by atoms with van der Waals surface area (Å²) in [5.74, 6) is -1.34. The van der Waals surface area contributed by atoms with E-state index in [1.54, 1.807) is 12.1 Å². The number of rotatable bonds is 4. The third-order valence-electron chi connectivity index (χ3n) is 6.01. The number of imide groups is 2. The number of hydrogen-bond donors (Lipinski definition) is 1. The topological polar surface area (TPSA) is 71.4 Å². The van der Waals surface area contributed by atoms with Crippen LogP contribution in [0.5, 0.6) is 0 Å². The first-order valence-electron chi connectivity index (χ1n) is 11.0. The predicted molar refractivity (Wildman–Crippen MR) is 132 cm³/mol. The van der Waals surface area contributed by atoms with Crippen molar-refractivity contribution >= 4 is 40.5 Å². The molecule has 1 N–H and O–H groups in total. The van der Waals surface area contributed by atoms with Crippen LogP contribution in [0.4, 0.5) is 10.5 Å². The van der Waals surface area contributed by atoms with Gasteiger partial charge in [0.05, 0.1) is 5.69 Å². The van der Waals surface area contributed by atoms with Crippen molar-refractivity contribution in [3.8, 4) is 0 Å². The van der Waals surface area contributed by atoms with Crippen LogP contribution in [0.15, 0.2) is 84.6 Å². The van der Waals surface area contributed by atoms with Crippen LogP contribution >= 0.6 is 0 Å². The van der Waals surface area contributed by atoms with Gasteiger partial charge >= 0.3 is 6.03 Å². The molecule has 4 aromatic rings. The van der Waals surface area contributed by atoms with Crippen molar-refractivity contribution in [1.82, 2.24) is 9.88 Å². The lowest BCUT2D eigenvalue weighted by Gasteiger charge is -2.27. The van der Waals surface area contributed by atoms with Gasteiger partial charge in [-0.25, -0.2) is 9.69 Å². The van der Waals surface area contributed by atoms with Crippen LogP contribution in [-0.4, -0.2) is 22.4 Å². The number of barbiturate groups is 1. The Hall–Kier alpha value is -4.45. The fraction of sp³-hybridized carbons (Fsp3) is 0.107. The molecule has 0 radical (unpaired) electrons. The minimum atomic E-state index is -0.745. The second kappa shape index (κ2) is 8.48. The van der Waals surface area contributed by atoms with E-state index in [1.165, 1.54) is 0 Å². The van der Waals surface area contributed by atoms with Crippen molar-refractivity contribution < 1.29 is 14.4 Å². The summed E-state index contributed by atoms with van der Waals surface area (Å²) in [6.07, 6.45) is 3.51. The number of aromatic nitrogens is 1. The maximum atomic E-state index is 13.4. The molecule has 0 aliphatic carbocycles. The number of amides is 4. The van der Waals surface area contributed by atoms with Gasteiger partial charge in [-0.15, -0.1) is 0 Å². The Morgan fingerprint density at radius 1 is 0.882 bits per heavy atom. The number of urea groups is 1.